The van der Waals surface area contributed by atoms with Gasteiger partial charge in [-0.05, 0) is 25.7 Å². The molecule has 0 unspecified atom stereocenters. The van der Waals surface area contributed by atoms with Crippen molar-refractivity contribution in [1.29, 1.82) is 0 Å². The first-order chi connectivity index (χ1) is 9.08. The SMILES string of the molecule is CC(=O)Oc1cc([N+](=O)[O-])nn1CC(=O)OC(C)(C)C. The van der Waals surface area contributed by atoms with E-state index in [1.54, 1.807) is 20.8 Å². The Hall–Kier alpha value is -2.45. The van der Waals surface area contributed by atoms with Gasteiger partial charge < -0.3 is 19.6 Å². The maximum absolute atomic E-state index is 11.7. The second-order valence-electron chi connectivity index (χ2n) is 4.94. The summed E-state index contributed by atoms with van der Waals surface area (Å²) in [5.41, 5.74) is -0.697. The van der Waals surface area contributed by atoms with E-state index >= 15 is 0 Å². The van der Waals surface area contributed by atoms with Crippen LogP contribution in [0.15, 0.2) is 6.07 Å². The maximum Gasteiger partial charge on any atom is 0.394 e. The van der Waals surface area contributed by atoms with E-state index in [4.69, 9.17) is 9.47 Å². The van der Waals surface area contributed by atoms with Crippen molar-refractivity contribution in [3.05, 3.63) is 16.2 Å². The molecule has 0 bridgehead atoms. The molecule has 1 rings (SSSR count). The fraction of sp³-hybridized carbons (Fsp3) is 0.545. The van der Waals surface area contributed by atoms with Crippen molar-refractivity contribution in [2.75, 3.05) is 0 Å². The summed E-state index contributed by atoms with van der Waals surface area (Å²) < 4.78 is 10.7. The minimum atomic E-state index is -0.751. The third kappa shape index (κ3) is 4.67. The molecule has 0 aliphatic carbocycles. The predicted molar refractivity (Wildman–Crippen MR) is 66.0 cm³/mol. The van der Waals surface area contributed by atoms with Gasteiger partial charge in [0.15, 0.2) is 6.54 Å². The Kier molecular flexibility index (Phi) is 4.43. The minimum absolute atomic E-state index is 0.185. The summed E-state index contributed by atoms with van der Waals surface area (Å²) in [4.78, 5) is 32.5. The fourth-order valence-corrected chi connectivity index (χ4v) is 1.31. The van der Waals surface area contributed by atoms with Crippen LogP contribution in [0.4, 0.5) is 5.82 Å². The van der Waals surface area contributed by atoms with Crippen LogP contribution < -0.4 is 4.74 Å². The second-order valence-corrected chi connectivity index (χ2v) is 4.94. The van der Waals surface area contributed by atoms with E-state index in [9.17, 15) is 19.7 Å². The second kappa shape index (κ2) is 5.68. The number of carbonyl (C=O) groups is 2. The monoisotopic (exact) mass is 285 g/mol. The standard InChI is InChI=1S/C11H15N3O6/c1-7(15)19-9-5-8(14(17)18)12-13(9)6-10(16)20-11(2,3)4/h5H,6H2,1-4H3. The molecule has 1 heterocycles. The zero-order chi connectivity index (χ0) is 15.5. The van der Waals surface area contributed by atoms with Crippen LogP contribution in [0.3, 0.4) is 0 Å². The highest BCUT2D eigenvalue weighted by atomic mass is 16.6. The molecule has 1 aromatic rings. The lowest BCUT2D eigenvalue weighted by Gasteiger charge is -2.19. The molecule has 0 aromatic carbocycles. The Morgan fingerprint density at radius 1 is 1.45 bits per heavy atom. The molecule has 0 spiro atoms. The van der Waals surface area contributed by atoms with Crippen molar-refractivity contribution in [2.45, 2.75) is 39.8 Å². The van der Waals surface area contributed by atoms with Crippen molar-refractivity contribution in [3.63, 3.8) is 0 Å². The largest absolute Gasteiger partial charge is 0.459 e. The van der Waals surface area contributed by atoms with Crippen LogP contribution in [0.25, 0.3) is 0 Å². The zero-order valence-electron chi connectivity index (χ0n) is 11.6. The van der Waals surface area contributed by atoms with E-state index < -0.39 is 34.8 Å². The first-order valence-corrected chi connectivity index (χ1v) is 5.71. The molecule has 0 radical (unpaired) electrons. The molecule has 9 nitrogen and oxygen atoms in total. The average molecular weight is 285 g/mol. The Morgan fingerprint density at radius 3 is 2.50 bits per heavy atom. The van der Waals surface area contributed by atoms with Crippen LogP contribution in [-0.2, 0) is 20.9 Å². The molecule has 0 atom stereocenters. The molecule has 0 N–H and O–H groups in total. The lowest BCUT2D eigenvalue weighted by molar-refractivity contribution is -0.389. The summed E-state index contributed by atoms with van der Waals surface area (Å²) in [6.45, 7) is 5.79. The van der Waals surface area contributed by atoms with Crippen molar-refractivity contribution in [3.8, 4) is 5.88 Å². The van der Waals surface area contributed by atoms with Gasteiger partial charge in [0.05, 0.1) is 5.10 Å². The van der Waals surface area contributed by atoms with Crippen LogP contribution in [-0.4, -0.2) is 32.2 Å². The number of ether oxygens (including phenoxy) is 2. The summed E-state index contributed by atoms with van der Waals surface area (Å²) in [6, 6.07) is 0.964. The number of nitrogens with zero attached hydrogens (tertiary/aromatic N) is 3. The van der Waals surface area contributed by atoms with Gasteiger partial charge in [0.25, 0.3) is 0 Å². The van der Waals surface area contributed by atoms with Crippen molar-refractivity contribution in [2.24, 2.45) is 0 Å². The Morgan fingerprint density at radius 2 is 2.05 bits per heavy atom. The van der Waals surface area contributed by atoms with E-state index in [2.05, 4.69) is 5.10 Å². The Balaban J connectivity index is 2.94. The molecule has 0 saturated heterocycles. The molecule has 110 valence electrons. The van der Waals surface area contributed by atoms with Gasteiger partial charge in [-0.2, -0.15) is 0 Å². The van der Waals surface area contributed by atoms with Crippen molar-refractivity contribution < 1.29 is 24.0 Å². The Labute approximate surface area is 114 Å². The minimum Gasteiger partial charge on any atom is -0.459 e. The molecular weight excluding hydrogens is 270 g/mol. The number of aromatic nitrogens is 2. The average Bonchev–Trinajstić information content (AvgIpc) is 2.57. The number of rotatable bonds is 4. The van der Waals surface area contributed by atoms with Gasteiger partial charge in [-0.15, -0.1) is 4.68 Å². The van der Waals surface area contributed by atoms with Crippen LogP contribution in [0.5, 0.6) is 5.88 Å². The van der Waals surface area contributed by atoms with Gasteiger partial charge in [0.2, 0.25) is 5.88 Å². The molecule has 0 aliphatic heterocycles. The molecule has 0 fully saturated rings. The third-order valence-electron chi connectivity index (χ3n) is 1.86. The number of carbonyl (C=O) groups excluding carboxylic acids is 2. The molecule has 20 heavy (non-hydrogen) atoms. The van der Waals surface area contributed by atoms with Crippen molar-refractivity contribution in [1.82, 2.24) is 9.78 Å². The van der Waals surface area contributed by atoms with E-state index in [1.165, 1.54) is 0 Å². The smallest absolute Gasteiger partial charge is 0.394 e. The van der Waals surface area contributed by atoms with E-state index in [0.29, 0.717) is 0 Å². The predicted octanol–water partition coefficient (Wildman–Crippen LogP) is 1.06. The van der Waals surface area contributed by atoms with E-state index in [1.807, 2.05) is 0 Å². The molecule has 1 aromatic heterocycles. The number of esters is 2. The van der Waals surface area contributed by atoms with Gasteiger partial charge in [-0.3, -0.25) is 4.79 Å². The number of nitro groups is 1. The highest BCUT2D eigenvalue weighted by molar-refractivity contribution is 5.71. The lowest BCUT2D eigenvalue weighted by Crippen LogP contribution is -2.27. The van der Waals surface area contributed by atoms with Crippen LogP contribution in [0, 0.1) is 10.1 Å². The Bertz CT molecular complexity index is 543. The summed E-state index contributed by atoms with van der Waals surface area (Å²) in [5, 5.41) is 14.2. The third-order valence-corrected chi connectivity index (χ3v) is 1.86. The molecule has 0 amide bonds. The first-order valence-electron chi connectivity index (χ1n) is 5.71. The summed E-state index contributed by atoms with van der Waals surface area (Å²) in [7, 11) is 0. The highest BCUT2D eigenvalue weighted by Gasteiger charge is 2.24. The normalized spacial score (nSPS) is 11.0. The van der Waals surface area contributed by atoms with Gasteiger partial charge in [-0.1, -0.05) is 0 Å². The fourth-order valence-electron chi connectivity index (χ4n) is 1.31. The topological polar surface area (TPSA) is 114 Å². The highest BCUT2D eigenvalue weighted by Crippen LogP contribution is 2.20. The molecule has 0 aliphatic rings. The molecular formula is C11H15N3O6. The lowest BCUT2D eigenvalue weighted by atomic mass is 10.2. The number of hydrogen-bond acceptors (Lipinski definition) is 7. The molecule has 9 heteroatoms. The van der Waals surface area contributed by atoms with Gasteiger partial charge in [0.1, 0.15) is 11.7 Å². The quantitative estimate of drug-likeness (QED) is 0.461. The van der Waals surface area contributed by atoms with Crippen LogP contribution in [0.2, 0.25) is 0 Å². The van der Waals surface area contributed by atoms with E-state index in [0.717, 1.165) is 17.7 Å². The van der Waals surface area contributed by atoms with Crippen molar-refractivity contribution >= 4 is 17.8 Å². The number of hydrogen-bond donors (Lipinski definition) is 0. The van der Waals surface area contributed by atoms with Gasteiger partial charge in [-0.25, -0.2) is 4.79 Å². The first kappa shape index (κ1) is 15.6. The van der Waals surface area contributed by atoms with Crippen LogP contribution in [0.1, 0.15) is 27.7 Å². The zero-order valence-corrected chi connectivity index (χ0v) is 11.6. The molecule has 0 saturated carbocycles. The van der Waals surface area contributed by atoms with Gasteiger partial charge >= 0.3 is 17.8 Å². The summed E-state index contributed by atoms with van der Waals surface area (Å²) >= 11 is 0. The van der Waals surface area contributed by atoms with Gasteiger partial charge in [0, 0.05) is 6.92 Å². The summed E-state index contributed by atoms with van der Waals surface area (Å²) in [5.74, 6) is -2.03. The maximum atomic E-state index is 11.7. The summed E-state index contributed by atoms with van der Waals surface area (Å²) in [6.07, 6.45) is 0. The van der Waals surface area contributed by atoms with E-state index in [-0.39, 0.29) is 5.88 Å². The van der Waals surface area contributed by atoms with Crippen LogP contribution >= 0.6 is 0 Å².